The molecule has 3 aromatic rings. The third-order valence-corrected chi connectivity index (χ3v) is 5.91. The van der Waals surface area contributed by atoms with E-state index in [9.17, 15) is 8.42 Å². The first kappa shape index (κ1) is 17.7. The van der Waals surface area contributed by atoms with Crippen molar-refractivity contribution in [3.8, 4) is 11.1 Å². The molecule has 0 aromatic heterocycles. The summed E-state index contributed by atoms with van der Waals surface area (Å²) < 4.78 is 29.5. The van der Waals surface area contributed by atoms with Crippen molar-refractivity contribution in [3.05, 3.63) is 82.8 Å². The lowest BCUT2D eigenvalue weighted by atomic mass is 10.0. The molecular formula is C20H18BrNO2S. The van der Waals surface area contributed by atoms with E-state index < -0.39 is 10.0 Å². The topological polar surface area (TPSA) is 46.2 Å². The van der Waals surface area contributed by atoms with Crippen LogP contribution in [-0.4, -0.2) is 8.42 Å². The zero-order valence-corrected chi connectivity index (χ0v) is 16.1. The number of aryl methyl sites for hydroxylation is 1. The quantitative estimate of drug-likeness (QED) is 0.599. The molecule has 0 heterocycles. The van der Waals surface area contributed by atoms with Crippen molar-refractivity contribution in [2.45, 2.75) is 18.2 Å². The Labute approximate surface area is 156 Å². The molecule has 0 bridgehead atoms. The fourth-order valence-corrected chi connectivity index (χ4v) is 4.51. The van der Waals surface area contributed by atoms with E-state index in [1.165, 1.54) is 0 Å². The van der Waals surface area contributed by atoms with Gasteiger partial charge in [-0.15, -0.1) is 0 Å². The van der Waals surface area contributed by atoms with Gasteiger partial charge in [0.2, 0.25) is 0 Å². The molecule has 1 N–H and O–H groups in total. The highest BCUT2D eigenvalue weighted by molar-refractivity contribution is 9.10. The molecule has 0 saturated heterocycles. The Morgan fingerprint density at radius 1 is 0.920 bits per heavy atom. The molecule has 25 heavy (non-hydrogen) atoms. The third kappa shape index (κ3) is 3.94. The lowest BCUT2D eigenvalue weighted by Crippen LogP contribution is -2.15. The van der Waals surface area contributed by atoms with E-state index in [1.807, 2.05) is 61.5 Å². The van der Waals surface area contributed by atoms with Crippen molar-refractivity contribution >= 4 is 31.6 Å². The van der Waals surface area contributed by atoms with Crippen LogP contribution in [0.5, 0.6) is 0 Å². The largest absolute Gasteiger partial charge is 0.279 e. The van der Waals surface area contributed by atoms with Gasteiger partial charge in [0.1, 0.15) is 0 Å². The number of hydrogen-bond acceptors (Lipinski definition) is 2. The molecule has 0 atom stereocenters. The first-order valence-corrected chi connectivity index (χ1v) is 10.2. The number of benzene rings is 3. The van der Waals surface area contributed by atoms with Gasteiger partial charge in [-0.05, 0) is 41.8 Å². The van der Waals surface area contributed by atoms with E-state index in [0.717, 1.165) is 21.2 Å². The highest BCUT2D eigenvalue weighted by atomic mass is 79.9. The molecule has 0 aliphatic carbocycles. The summed E-state index contributed by atoms with van der Waals surface area (Å²) in [6.07, 6.45) is 0.635. The summed E-state index contributed by atoms with van der Waals surface area (Å²) in [5.41, 5.74) is 3.16. The Kier molecular flexibility index (Phi) is 5.25. The second-order valence-corrected chi connectivity index (χ2v) is 8.19. The Balaban J connectivity index is 2.03. The van der Waals surface area contributed by atoms with E-state index in [4.69, 9.17) is 0 Å². The van der Waals surface area contributed by atoms with Gasteiger partial charge in [0.25, 0.3) is 10.0 Å². The summed E-state index contributed by atoms with van der Waals surface area (Å²) in [6, 6.07) is 22.4. The maximum absolute atomic E-state index is 12.9. The van der Waals surface area contributed by atoms with Crippen molar-refractivity contribution in [2.75, 3.05) is 4.72 Å². The Bertz CT molecular complexity index is 986. The van der Waals surface area contributed by atoms with Crippen LogP contribution in [0.4, 0.5) is 5.69 Å². The number of nitrogens with one attached hydrogen (secondary N) is 1. The molecule has 3 aromatic carbocycles. The van der Waals surface area contributed by atoms with Crippen molar-refractivity contribution in [3.63, 3.8) is 0 Å². The normalized spacial score (nSPS) is 11.3. The number of halogens is 1. The average molecular weight is 416 g/mol. The Morgan fingerprint density at radius 2 is 1.60 bits per heavy atom. The number of para-hydroxylation sites is 1. The summed E-state index contributed by atoms with van der Waals surface area (Å²) in [5.74, 6) is 0. The van der Waals surface area contributed by atoms with Crippen LogP contribution in [0, 0.1) is 0 Å². The van der Waals surface area contributed by atoms with Gasteiger partial charge < -0.3 is 0 Å². The van der Waals surface area contributed by atoms with Crippen molar-refractivity contribution in [2.24, 2.45) is 0 Å². The van der Waals surface area contributed by atoms with Crippen LogP contribution in [0.3, 0.4) is 0 Å². The highest BCUT2D eigenvalue weighted by Crippen LogP contribution is 2.30. The maximum atomic E-state index is 12.9. The highest BCUT2D eigenvalue weighted by Gasteiger charge is 2.19. The van der Waals surface area contributed by atoms with Crippen LogP contribution in [0.25, 0.3) is 11.1 Å². The predicted octanol–water partition coefficient (Wildman–Crippen LogP) is 5.48. The second-order valence-electron chi connectivity index (χ2n) is 5.62. The van der Waals surface area contributed by atoms with E-state index >= 15 is 0 Å². The molecule has 3 nitrogen and oxygen atoms in total. The average Bonchev–Trinajstić information content (AvgIpc) is 2.62. The van der Waals surface area contributed by atoms with Crippen LogP contribution >= 0.6 is 15.9 Å². The Hall–Kier alpha value is -2.11. The van der Waals surface area contributed by atoms with Crippen LogP contribution in [0.1, 0.15) is 12.5 Å². The number of hydrogen-bond donors (Lipinski definition) is 1. The van der Waals surface area contributed by atoms with Gasteiger partial charge in [-0.3, -0.25) is 4.72 Å². The molecule has 0 aliphatic rings. The second kappa shape index (κ2) is 7.42. The molecule has 0 saturated carbocycles. The smallest absolute Gasteiger partial charge is 0.262 e. The molecule has 3 rings (SSSR count). The van der Waals surface area contributed by atoms with E-state index in [-0.39, 0.29) is 0 Å². The minimum absolute atomic E-state index is 0.307. The zero-order valence-electron chi connectivity index (χ0n) is 13.7. The molecule has 0 aliphatic heterocycles. The van der Waals surface area contributed by atoms with Gasteiger partial charge >= 0.3 is 0 Å². The van der Waals surface area contributed by atoms with Crippen LogP contribution in [0.2, 0.25) is 0 Å². The van der Waals surface area contributed by atoms with Crippen molar-refractivity contribution in [1.82, 2.24) is 0 Å². The molecule has 128 valence electrons. The summed E-state index contributed by atoms with van der Waals surface area (Å²) in [7, 11) is -3.67. The fourth-order valence-electron chi connectivity index (χ4n) is 2.73. The third-order valence-electron chi connectivity index (χ3n) is 3.95. The maximum Gasteiger partial charge on any atom is 0.262 e. The molecule has 5 heteroatoms. The van der Waals surface area contributed by atoms with Crippen LogP contribution in [0.15, 0.2) is 82.2 Å². The zero-order chi connectivity index (χ0) is 17.9. The molecule has 0 spiro atoms. The first-order valence-electron chi connectivity index (χ1n) is 7.97. The lowest BCUT2D eigenvalue weighted by Gasteiger charge is -2.15. The summed E-state index contributed by atoms with van der Waals surface area (Å²) >= 11 is 3.40. The van der Waals surface area contributed by atoms with E-state index in [0.29, 0.717) is 17.0 Å². The van der Waals surface area contributed by atoms with Gasteiger partial charge in [0, 0.05) is 10.0 Å². The van der Waals surface area contributed by atoms with E-state index in [2.05, 4.69) is 20.7 Å². The summed E-state index contributed by atoms with van der Waals surface area (Å²) in [6.45, 7) is 1.94. The number of rotatable bonds is 5. The predicted molar refractivity (Wildman–Crippen MR) is 106 cm³/mol. The standard InChI is InChI=1S/C20H18BrNO2S/c1-2-15-14-17(21)12-13-20(15)25(23,24)22-19-11-7-6-10-18(19)16-8-4-3-5-9-16/h3-14,22H,2H2,1H3. The van der Waals surface area contributed by atoms with Gasteiger partial charge in [-0.1, -0.05) is 71.4 Å². The summed E-state index contributed by atoms with van der Waals surface area (Å²) in [5, 5.41) is 0. The minimum Gasteiger partial charge on any atom is -0.279 e. The van der Waals surface area contributed by atoms with Gasteiger partial charge in [0.15, 0.2) is 0 Å². The van der Waals surface area contributed by atoms with Crippen LogP contribution in [-0.2, 0) is 16.4 Å². The number of anilines is 1. The van der Waals surface area contributed by atoms with Crippen molar-refractivity contribution in [1.29, 1.82) is 0 Å². The lowest BCUT2D eigenvalue weighted by molar-refractivity contribution is 0.600. The number of sulfonamides is 1. The first-order chi connectivity index (χ1) is 12.0. The van der Waals surface area contributed by atoms with Gasteiger partial charge in [-0.2, -0.15) is 0 Å². The summed E-state index contributed by atoms with van der Waals surface area (Å²) in [4.78, 5) is 0.307. The SMILES string of the molecule is CCc1cc(Br)ccc1S(=O)(=O)Nc1ccccc1-c1ccccc1. The van der Waals surface area contributed by atoms with Crippen LogP contribution < -0.4 is 4.72 Å². The molecular weight excluding hydrogens is 398 g/mol. The van der Waals surface area contributed by atoms with Gasteiger partial charge in [-0.25, -0.2) is 8.42 Å². The Morgan fingerprint density at radius 3 is 2.32 bits per heavy atom. The molecule has 0 fully saturated rings. The minimum atomic E-state index is -3.67. The van der Waals surface area contributed by atoms with Gasteiger partial charge in [0.05, 0.1) is 10.6 Å². The van der Waals surface area contributed by atoms with E-state index in [1.54, 1.807) is 18.2 Å². The molecule has 0 radical (unpaired) electrons. The van der Waals surface area contributed by atoms with Crippen molar-refractivity contribution < 1.29 is 8.42 Å². The fraction of sp³-hybridized carbons (Fsp3) is 0.100. The molecule has 0 unspecified atom stereocenters. The monoisotopic (exact) mass is 415 g/mol. The molecule has 0 amide bonds.